The van der Waals surface area contributed by atoms with Gasteiger partial charge < -0.3 is 11.1 Å². The Hall–Kier alpha value is -1.58. The van der Waals surface area contributed by atoms with Crippen LogP contribution in [0.4, 0.5) is 10.1 Å². The highest BCUT2D eigenvalue weighted by Crippen LogP contribution is 2.17. The lowest BCUT2D eigenvalue weighted by Crippen LogP contribution is -2.19. The molecular weight excluding hydrogens is 183 g/mol. The minimum absolute atomic E-state index is 0.116. The summed E-state index contributed by atoms with van der Waals surface area (Å²) in [4.78, 5) is 10.6. The molecule has 1 aromatic carbocycles. The molecule has 14 heavy (non-hydrogen) atoms. The largest absolute Gasteiger partial charge is 0.396 e. The fourth-order valence-electron chi connectivity index (χ4n) is 1.20. The molecule has 4 heteroatoms. The number of aryl methyl sites for hydroxylation is 1. The standard InChI is InChI=1S/C10H13FN2O/c1-6-3-8(5-13-7(2)14)4-9(12)10(6)11/h3-4H,5,12H2,1-2H3,(H,13,14). The van der Waals surface area contributed by atoms with Crippen molar-refractivity contribution in [3.8, 4) is 0 Å². The van der Waals surface area contributed by atoms with Gasteiger partial charge in [-0.2, -0.15) is 0 Å². The van der Waals surface area contributed by atoms with E-state index in [9.17, 15) is 9.18 Å². The van der Waals surface area contributed by atoms with Gasteiger partial charge in [0.25, 0.3) is 0 Å². The number of amides is 1. The van der Waals surface area contributed by atoms with Gasteiger partial charge in [0.1, 0.15) is 5.82 Å². The van der Waals surface area contributed by atoms with Gasteiger partial charge in [-0.25, -0.2) is 4.39 Å². The van der Waals surface area contributed by atoms with Crippen LogP contribution in [0.2, 0.25) is 0 Å². The maximum Gasteiger partial charge on any atom is 0.217 e. The Morgan fingerprint density at radius 1 is 1.57 bits per heavy atom. The summed E-state index contributed by atoms with van der Waals surface area (Å²) in [5, 5.41) is 2.62. The first-order valence-electron chi connectivity index (χ1n) is 4.29. The summed E-state index contributed by atoms with van der Waals surface area (Å²) in [7, 11) is 0. The van der Waals surface area contributed by atoms with Crippen LogP contribution in [0, 0.1) is 12.7 Å². The van der Waals surface area contributed by atoms with E-state index in [1.807, 2.05) is 0 Å². The molecule has 3 N–H and O–H groups in total. The number of nitrogens with one attached hydrogen (secondary N) is 1. The first kappa shape index (κ1) is 10.5. The number of hydrogen-bond acceptors (Lipinski definition) is 2. The van der Waals surface area contributed by atoms with Crippen molar-refractivity contribution < 1.29 is 9.18 Å². The summed E-state index contributed by atoms with van der Waals surface area (Å²) in [5.41, 5.74) is 6.85. The van der Waals surface area contributed by atoms with E-state index < -0.39 is 5.82 Å². The Bertz CT molecular complexity index is 340. The molecule has 1 amide bonds. The average molecular weight is 196 g/mol. The van der Waals surface area contributed by atoms with E-state index in [2.05, 4.69) is 5.32 Å². The van der Waals surface area contributed by atoms with Crippen molar-refractivity contribution >= 4 is 11.6 Å². The topological polar surface area (TPSA) is 55.1 Å². The van der Waals surface area contributed by atoms with Crippen LogP contribution < -0.4 is 11.1 Å². The minimum atomic E-state index is -0.392. The van der Waals surface area contributed by atoms with Crippen molar-refractivity contribution in [3.63, 3.8) is 0 Å². The first-order valence-corrected chi connectivity index (χ1v) is 4.29. The molecule has 76 valence electrons. The Balaban J connectivity index is 2.84. The van der Waals surface area contributed by atoms with Gasteiger partial charge in [-0.3, -0.25) is 4.79 Å². The highest BCUT2D eigenvalue weighted by Gasteiger charge is 2.04. The lowest BCUT2D eigenvalue weighted by atomic mass is 10.1. The maximum atomic E-state index is 13.1. The van der Waals surface area contributed by atoms with Crippen LogP contribution >= 0.6 is 0 Å². The molecule has 0 unspecified atom stereocenters. The van der Waals surface area contributed by atoms with Gasteiger partial charge in [0.15, 0.2) is 0 Å². The van der Waals surface area contributed by atoms with E-state index in [0.717, 1.165) is 5.56 Å². The Morgan fingerprint density at radius 2 is 2.21 bits per heavy atom. The molecule has 0 aliphatic carbocycles. The van der Waals surface area contributed by atoms with Crippen LogP contribution in [0.15, 0.2) is 12.1 Å². The van der Waals surface area contributed by atoms with Crippen molar-refractivity contribution in [2.24, 2.45) is 0 Å². The molecule has 0 saturated heterocycles. The van der Waals surface area contributed by atoms with Crippen molar-refractivity contribution in [3.05, 3.63) is 29.1 Å². The van der Waals surface area contributed by atoms with E-state index >= 15 is 0 Å². The first-order chi connectivity index (χ1) is 6.50. The second kappa shape index (κ2) is 4.09. The average Bonchev–Trinajstić information content (AvgIpc) is 2.10. The van der Waals surface area contributed by atoms with E-state index in [1.54, 1.807) is 13.0 Å². The normalized spacial score (nSPS) is 9.93. The zero-order valence-corrected chi connectivity index (χ0v) is 8.23. The third kappa shape index (κ3) is 2.45. The lowest BCUT2D eigenvalue weighted by molar-refractivity contribution is -0.119. The van der Waals surface area contributed by atoms with Crippen molar-refractivity contribution in [1.82, 2.24) is 5.32 Å². The SMILES string of the molecule is CC(=O)NCc1cc(C)c(F)c(N)c1. The number of carbonyl (C=O) groups excluding carboxylic acids is 1. The fraction of sp³-hybridized carbons (Fsp3) is 0.300. The number of anilines is 1. The summed E-state index contributed by atoms with van der Waals surface area (Å²) in [6.07, 6.45) is 0. The van der Waals surface area contributed by atoms with Crippen LogP contribution in [-0.4, -0.2) is 5.91 Å². The monoisotopic (exact) mass is 196 g/mol. The van der Waals surface area contributed by atoms with E-state index in [1.165, 1.54) is 13.0 Å². The summed E-state index contributed by atoms with van der Waals surface area (Å²) in [5.74, 6) is -0.512. The molecule has 0 aliphatic rings. The lowest BCUT2D eigenvalue weighted by Gasteiger charge is -2.06. The molecular formula is C10H13FN2O. The third-order valence-corrected chi connectivity index (χ3v) is 1.88. The summed E-state index contributed by atoms with van der Waals surface area (Å²) in [6.45, 7) is 3.45. The number of carbonyl (C=O) groups is 1. The Labute approximate surface area is 82.1 Å². The maximum absolute atomic E-state index is 13.1. The van der Waals surface area contributed by atoms with Crippen LogP contribution in [0.25, 0.3) is 0 Å². The van der Waals surface area contributed by atoms with Crippen molar-refractivity contribution in [2.75, 3.05) is 5.73 Å². The quantitative estimate of drug-likeness (QED) is 0.701. The molecule has 0 fully saturated rings. The molecule has 1 aromatic rings. The van der Waals surface area contributed by atoms with Gasteiger partial charge in [-0.15, -0.1) is 0 Å². The van der Waals surface area contributed by atoms with Gasteiger partial charge in [0.2, 0.25) is 5.91 Å². The number of nitrogens with two attached hydrogens (primary N) is 1. The molecule has 0 saturated carbocycles. The number of halogens is 1. The fourth-order valence-corrected chi connectivity index (χ4v) is 1.20. The zero-order valence-electron chi connectivity index (χ0n) is 8.23. The van der Waals surface area contributed by atoms with Crippen LogP contribution in [-0.2, 0) is 11.3 Å². The predicted molar refractivity (Wildman–Crippen MR) is 53.1 cm³/mol. The van der Waals surface area contributed by atoms with Gasteiger partial charge in [0.05, 0.1) is 5.69 Å². The van der Waals surface area contributed by atoms with Gasteiger partial charge in [-0.1, -0.05) is 6.07 Å². The van der Waals surface area contributed by atoms with E-state index in [4.69, 9.17) is 5.73 Å². The smallest absolute Gasteiger partial charge is 0.217 e. The van der Waals surface area contributed by atoms with Crippen molar-refractivity contribution in [2.45, 2.75) is 20.4 Å². The number of hydrogen-bond donors (Lipinski definition) is 2. The molecule has 1 rings (SSSR count). The molecule has 0 atom stereocenters. The summed E-state index contributed by atoms with van der Waals surface area (Å²) >= 11 is 0. The minimum Gasteiger partial charge on any atom is -0.396 e. The second-order valence-electron chi connectivity index (χ2n) is 3.23. The van der Waals surface area contributed by atoms with E-state index in [0.29, 0.717) is 12.1 Å². The van der Waals surface area contributed by atoms with E-state index in [-0.39, 0.29) is 11.6 Å². The van der Waals surface area contributed by atoms with Crippen LogP contribution in [0.3, 0.4) is 0 Å². The molecule has 0 bridgehead atoms. The van der Waals surface area contributed by atoms with Crippen LogP contribution in [0.5, 0.6) is 0 Å². The highest BCUT2D eigenvalue weighted by atomic mass is 19.1. The van der Waals surface area contributed by atoms with Crippen molar-refractivity contribution in [1.29, 1.82) is 0 Å². The van der Waals surface area contributed by atoms with Crippen LogP contribution in [0.1, 0.15) is 18.1 Å². The molecule has 0 radical (unpaired) electrons. The molecule has 3 nitrogen and oxygen atoms in total. The Kier molecular flexibility index (Phi) is 3.06. The van der Waals surface area contributed by atoms with Gasteiger partial charge in [-0.05, 0) is 24.1 Å². The molecule has 0 aromatic heterocycles. The van der Waals surface area contributed by atoms with Gasteiger partial charge >= 0.3 is 0 Å². The zero-order chi connectivity index (χ0) is 10.7. The highest BCUT2D eigenvalue weighted by molar-refractivity contribution is 5.72. The number of rotatable bonds is 2. The molecule has 0 heterocycles. The predicted octanol–water partition coefficient (Wildman–Crippen LogP) is 1.35. The second-order valence-corrected chi connectivity index (χ2v) is 3.23. The molecule has 0 spiro atoms. The molecule has 0 aliphatic heterocycles. The van der Waals surface area contributed by atoms with Gasteiger partial charge in [0, 0.05) is 13.5 Å². The number of benzene rings is 1. The Morgan fingerprint density at radius 3 is 2.71 bits per heavy atom. The summed E-state index contributed by atoms with van der Waals surface area (Å²) in [6, 6.07) is 3.19. The number of nitrogen functional groups attached to an aromatic ring is 1. The summed E-state index contributed by atoms with van der Waals surface area (Å²) < 4.78 is 13.1. The third-order valence-electron chi connectivity index (χ3n) is 1.88.